The first-order valence-electron chi connectivity index (χ1n) is 22.3. The molecule has 4 aromatic rings. The van der Waals surface area contributed by atoms with Crippen LogP contribution >= 0.6 is 0 Å². The molecule has 7 nitrogen and oxygen atoms in total. The molecule has 0 N–H and O–H groups in total. The molecule has 2 heterocycles. The van der Waals surface area contributed by atoms with Crippen molar-refractivity contribution in [2.75, 3.05) is 20.8 Å². The van der Waals surface area contributed by atoms with Gasteiger partial charge in [0.15, 0.2) is 0 Å². The van der Waals surface area contributed by atoms with E-state index < -0.39 is 20.3 Å². The van der Waals surface area contributed by atoms with Crippen LogP contribution in [0.3, 0.4) is 0 Å². The minimum Gasteiger partial charge on any atom is -0.497 e. The molecule has 2 bridgehead atoms. The summed E-state index contributed by atoms with van der Waals surface area (Å²) >= 11 is 0. The lowest BCUT2D eigenvalue weighted by Gasteiger charge is -2.45. The molecular formula is C53H63NO6Si. The van der Waals surface area contributed by atoms with E-state index in [-0.39, 0.29) is 60.2 Å². The lowest BCUT2D eigenvalue weighted by atomic mass is 9.66. The summed E-state index contributed by atoms with van der Waals surface area (Å²) in [6.45, 7) is 13.9. The van der Waals surface area contributed by atoms with Gasteiger partial charge in [-0.05, 0) is 88.2 Å². The molecule has 1 amide bonds. The maximum absolute atomic E-state index is 15.4. The fraction of sp³-hybridized carbons (Fsp3) is 0.434. The maximum Gasteiger partial charge on any atom is 0.261 e. The third kappa shape index (κ3) is 8.26. The summed E-state index contributed by atoms with van der Waals surface area (Å²) in [5.74, 6) is 2.79. The standard InChI is InChI=1S/C53H63NO6Si/c1-8-37-23-28-44-46-29-35(2)19-27-45(46)52-51(44)50(37)47(55)32-49(56)54(33-38-22-26-41(57-6)31-48(38)58-7)39(30-36-20-24-40(60-52)25-21-36)34-59-61(53(3,4)5,42-15-11-9-12-16-42)43-17-13-10-14-18-43/h8-18,20-26,28,31,35,37,39,44-46,50-52H,1,19,27,29-30,32-34H2,2-7H3/t35-,37+,39+,44+,45-,46+,50-,51+,52+/m1/s1. The minimum absolute atomic E-state index is 0.0427. The van der Waals surface area contributed by atoms with Crippen molar-refractivity contribution in [3.8, 4) is 17.2 Å². The molecule has 0 spiro atoms. The third-order valence-corrected chi connectivity index (χ3v) is 19.5. The number of ether oxygens (including phenoxy) is 3. The summed E-state index contributed by atoms with van der Waals surface area (Å²) in [5, 5.41) is 2.05. The van der Waals surface area contributed by atoms with E-state index in [1.165, 1.54) is 0 Å². The van der Waals surface area contributed by atoms with Gasteiger partial charge in [0.2, 0.25) is 5.91 Å². The number of benzene rings is 4. The Morgan fingerprint density at radius 2 is 1.54 bits per heavy atom. The van der Waals surface area contributed by atoms with E-state index in [1.807, 2.05) is 41.3 Å². The minimum atomic E-state index is -3.03. The first kappa shape index (κ1) is 42.8. The Kier molecular flexibility index (Phi) is 12.5. The molecule has 0 radical (unpaired) electrons. The molecule has 2 saturated carbocycles. The SMILES string of the molecule is C=C[C@H]1C=C[C@H]2[C@@H]3C[C@H](C)CC[C@H]3[C@@H]3Oc4ccc(cc4)C[C@@H](CO[Si](c4ccccc4)(c4ccccc4)C(C)(C)C)N(Cc4ccc(OC)cc4OC)C(=O)CC(=O)[C@@H]1[C@H]23. The Morgan fingerprint density at radius 3 is 2.16 bits per heavy atom. The van der Waals surface area contributed by atoms with Gasteiger partial charge in [-0.2, -0.15) is 0 Å². The second-order valence-electron chi connectivity index (χ2n) is 19.0. The van der Waals surface area contributed by atoms with E-state index in [9.17, 15) is 0 Å². The number of amides is 1. The summed E-state index contributed by atoms with van der Waals surface area (Å²) in [5.41, 5.74) is 1.88. The summed E-state index contributed by atoms with van der Waals surface area (Å²) in [6.07, 6.45) is 9.97. The van der Waals surface area contributed by atoms with Crippen molar-refractivity contribution in [2.24, 2.45) is 41.4 Å². The number of nitrogens with zero attached hydrogens (tertiary/aromatic N) is 1. The third-order valence-electron chi connectivity index (χ3n) is 14.5. The first-order chi connectivity index (χ1) is 29.4. The van der Waals surface area contributed by atoms with E-state index in [0.29, 0.717) is 35.7 Å². The van der Waals surface area contributed by atoms with Crippen LogP contribution in [0.4, 0.5) is 0 Å². The zero-order valence-electron chi connectivity index (χ0n) is 36.8. The zero-order chi connectivity index (χ0) is 42.9. The Morgan fingerprint density at radius 1 is 0.852 bits per heavy atom. The molecule has 4 aromatic carbocycles. The Labute approximate surface area is 364 Å². The number of carbonyl (C=O) groups excluding carboxylic acids is 2. The van der Waals surface area contributed by atoms with Gasteiger partial charge in [0.25, 0.3) is 8.32 Å². The number of hydrogen-bond donors (Lipinski definition) is 0. The van der Waals surface area contributed by atoms with E-state index in [2.05, 4.69) is 119 Å². The Hall–Kier alpha value is -4.92. The van der Waals surface area contributed by atoms with Crippen molar-refractivity contribution >= 4 is 30.4 Å². The monoisotopic (exact) mass is 837 g/mol. The summed E-state index contributed by atoms with van der Waals surface area (Å²) < 4.78 is 26.2. The van der Waals surface area contributed by atoms with Crippen LogP contribution in [-0.4, -0.2) is 57.9 Å². The number of carbonyl (C=O) groups is 2. The molecule has 3 aliphatic carbocycles. The first-order valence-corrected chi connectivity index (χ1v) is 24.2. The topological polar surface area (TPSA) is 74.3 Å². The molecular weight excluding hydrogens is 775 g/mol. The molecule has 0 unspecified atom stereocenters. The van der Waals surface area contributed by atoms with Gasteiger partial charge in [-0.15, -0.1) is 6.58 Å². The van der Waals surface area contributed by atoms with Crippen LogP contribution in [0, 0.1) is 41.4 Å². The van der Waals surface area contributed by atoms with Gasteiger partial charge in [0.05, 0.1) is 33.3 Å². The predicted octanol–water partition coefficient (Wildman–Crippen LogP) is 9.23. The number of fused-ring (bicyclic) bond motifs is 9. The van der Waals surface area contributed by atoms with Crippen LogP contribution < -0.4 is 24.6 Å². The lowest BCUT2D eigenvalue weighted by Crippen LogP contribution is -2.67. The van der Waals surface area contributed by atoms with Gasteiger partial charge >= 0.3 is 0 Å². The van der Waals surface area contributed by atoms with E-state index >= 15 is 9.59 Å². The van der Waals surface area contributed by atoms with Crippen molar-refractivity contribution in [2.45, 2.75) is 83.5 Å². The van der Waals surface area contributed by atoms with Gasteiger partial charge in [0.1, 0.15) is 29.1 Å². The molecule has 61 heavy (non-hydrogen) atoms. The van der Waals surface area contributed by atoms with Gasteiger partial charge in [-0.1, -0.05) is 125 Å². The van der Waals surface area contributed by atoms with E-state index in [4.69, 9.17) is 18.6 Å². The highest BCUT2D eigenvalue weighted by Gasteiger charge is 2.58. The number of Topliss-reactive ketones (excluding diaryl/α,β-unsaturated/α-hetero) is 1. The van der Waals surface area contributed by atoms with Crippen molar-refractivity contribution < 1.29 is 28.2 Å². The highest BCUT2D eigenvalue weighted by atomic mass is 28.4. The second-order valence-corrected chi connectivity index (χ2v) is 23.3. The molecule has 0 aromatic heterocycles. The highest BCUT2D eigenvalue weighted by Crippen LogP contribution is 2.57. The number of rotatable bonds is 10. The predicted molar refractivity (Wildman–Crippen MR) is 245 cm³/mol. The molecule has 9 atom stereocenters. The number of hydrogen-bond acceptors (Lipinski definition) is 6. The zero-order valence-corrected chi connectivity index (χ0v) is 37.8. The average molecular weight is 838 g/mol. The van der Waals surface area contributed by atoms with Crippen molar-refractivity contribution in [1.29, 1.82) is 0 Å². The van der Waals surface area contributed by atoms with Gasteiger partial charge in [0, 0.05) is 35.9 Å². The second kappa shape index (κ2) is 17.8. The smallest absolute Gasteiger partial charge is 0.261 e. The van der Waals surface area contributed by atoms with Crippen LogP contribution in [0.5, 0.6) is 17.2 Å². The maximum atomic E-state index is 15.4. The van der Waals surface area contributed by atoms with Crippen molar-refractivity contribution in [1.82, 2.24) is 4.90 Å². The number of allylic oxidation sites excluding steroid dienone is 3. The molecule has 2 aliphatic heterocycles. The fourth-order valence-electron chi connectivity index (χ4n) is 11.6. The molecule has 320 valence electrons. The Balaban J connectivity index is 1.25. The molecule has 8 heteroatoms. The van der Waals surface area contributed by atoms with Crippen LogP contribution in [0.1, 0.15) is 64.5 Å². The van der Waals surface area contributed by atoms with Gasteiger partial charge in [-0.3, -0.25) is 9.59 Å². The van der Waals surface area contributed by atoms with Crippen LogP contribution in [-0.2, 0) is 27.0 Å². The largest absolute Gasteiger partial charge is 0.497 e. The molecule has 2 fully saturated rings. The average Bonchev–Trinajstić information content (AvgIpc) is 3.57. The molecule has 9 rings (SSSR count). The number of ketones is 1. The van der Waals surface area contributed by atoms with Crippen LogP contribution in [0.15, 0.2) is 128 Å². The lowest BCUT2D eigenvalue weighted by molar-refractivity contribution is -0.141. The summed E-state index contributed by atoms with van der Waals surface area (Å²) in [6, 6.07) is 34.9. The summed E-state index contributed by atoms with van der Waals surface area (Å²) in [4.78, 5) is 32.5. The molecule has 0 saturated heterocycles. The fourth-order valence-corrected chi connectivity index (χ4v) is 16.2. The number of methoxy groups -OCH3 is 2. The molecule has 5 aliphatic rings. The Bertz CT molecular complexity index is 2160. The van der Waals surface area contributed by atoms with Crippen molar-refractivity contribution in [3.63, 3.8) is 0 Å². The van der Waals surface area contributed by atoms with E-state index in [1.54, 1.807) is 14.2 Å². The normalized spacial score (nSPS) is 27.7. The van der Waals surface area contributed by atoms with Gasteiger partial charge < -0.3 is 23.5 Å². The van der Waals surface area contributed by atoms with Crippen molar-refractivity contribution in [3.05, 3.63) is 139 Å². The highest BCUT2D eigenvalue weighted by molar-refractivity contribution is 6.99. The van der Waals surface area contributed by atoms with Gasteiger partial charge in [-0.25, -0.2) is 0 Å². The van der Waals surface area contributed by atoms with Crippen LogP contribution in [0.25, 0.3) is 0 Å². The quantitative estimate of drug-likeness (QED) is 0.0902. The summed E-state index contributed by atoms with van der Waals surface area (Å²) in [7, 11) is 0.240. The van der Waals surface area contributed by atoms with Crippen LogP contribution in [0.2, 0.25) is 5.04 Å². The van der Waals surface area contributed by atoms with E-state index in [0.717, 1.165) is 46.5 Å².